The molecule has 0 aliphatic heterocycles. The van der Waals surface area contributed by atoms with Gasteiger partial charge >= 0.3 is 5.97 Å². The number of carbonyl (C=O) groups is 1. The van der Waals surface area contributed by atoms with Crippen LogP contribution in [-0.2, 0) is 4.79 Å². The summed E-state index contributed by atoms with van der Waals surface area (Å²) in [4.78, 5) is 10.4. The third-order valence-electron chi connectivity index (χ3n) is 7.16. The van der Waals surface area contributed by atoms with Crippen LogP contribution in [0.1, 0.15) is 167 Å². The Bertz CT molecular complexity index is 403. The van der Waals surface area contributed by atoms with Crippen molar-refractivity contribution in [3.8, 4) is 0 Å². The van der Waals surface area contributed by atoms with E-state index in [0.29, 0.717) is 6.42 Å². The molecular formula is C31H64N2O2. The summed E-state index contributed by atoms with van der Waals surface area (Å²) >= 11 is 0. The molecule has 4 nitrogen and oxygen atoms in total. The van der Waals surface area contributed by atoms with Crippen molar-refractivity contribution in [3.05, 3.63) is 0 Å². The molecule has 0 heterocycles. The van der Waals surface area contributed by atoms with Crippen LogP contribution in [0.2, 0.25) is 0 Å². The molecule has 0 aromatic rings. The van der Waals surface area contributed by atoms with Gasteiger partial charge in [0.15, 0.2) is 0 Å². The molecule has 0 aromatic carbocycles. The van der Waals surface area contributed by atoms with Crippen molar-refractivity contribution in [2.45, 2.75) is 167 Å². The molecule has 0 saturated carbocycles. The molecule has 3 N–H and O–H groups in total. The van der Waals surface area contributed by atoms with E-state index in [-0.39, 0.29) is 0 Å². The molecule has 0 radical (unpaired) electrons. The first-order valence-corrected chi connectivity index (χ1v) is 15.9. The van der Waals surface area contributed by atoms with E-state index in [0.717, 1.165) is 19.4 Å². The van der Waals surface area contributed by atoms with Gasteiger partial charge in [-0.05, 0) is 58.3 Å². The van der Waals surface area contributed by atoms with E-state index < -0.39 is 5.97 Å². The Morgan fingerprint density at radius 1 is 0.429 bits per heavy atom. The predicted molar refractivity (Wildman–Crippen MR) is 154 cm³/mol. The zero-order valence-corrected chi connectivity index (χ0v) is 23.9. The van der Waals surface area contributed by atoms with Gasteiger partial charge in [0.2, 0.25) is 0 Å². The van der Waals surface area contributed by atoms with Gasteiger partial charge in [0.25, 0.3) is 0 Å². The summed E-state index contributed by atoms with van der Waals surface area (Å²) in [5, 5.41) is 15.8. The molecule has 0 amide bonds. The highest BCUT2D eigenvalue weighted by Gasteiger charge is 1.97. The van der Waals surface area contributed by atoms with Crippen molar-refractivity contribution in [1.29, 1.82) is 0 Å². The van der Waals surface area contributed by atoms with Crippen molar-refractivity contribution in [3.63, 3.8) is 0 Å². The molecule has 35 heavy (non-hydrogen) atoms. The third kappa shape index (κ3) is 33.4. The zero-order valence-electron chi connectivity index (χ0n) is 23.9. The van der Waals surface area contributed by atoms with Crippen LogP contribution in [-0.4, -0.2) is 37.3 Å². The lowest BCUT2D eigenvalue weighted by molar-refractivity contribution is -0.137. The highest BCUT2D eigenvalue weighted by Crippen LogP contribution is 2.11. The average molecular weight is 497 g/mol. The second kappa shape index (κ2) is 31.4. The van der Waals surface area contributed by atoms with E-state index in [1.54, 1.807) is 0 Å². The number of unbranched alkanes of at least 4 members (excludes halogenated alkanes) is 21. The monoisotopic (exact) mass is 496 g/mol. The summed E-state index contributed by atoms with van der Waals surface area (Å²) in [7, 11) is 0. The second-order valence-electron chi connectivity index (χ2n) is 10.8. The Labute approximate surface area is 220 Å². The number of carboxylic acid groups (broad SMARTS) is 1. The van der Waals surface area contributed by atoms with Crippen LogP contribution in [0, 0.1) is 0 Å². The molecule has 210 valence electrons. The highest BCUT2D eigenvalue weighted by atomic mass is 16.4. The van der Waals surface area contributed by atoms with Gasteiger partial charge in [-0.3, -0.25) is 4.79 Å². The van der Waals surface area contributed by atoms with Gasteiger partial charge in [-0.1, -0.05) is 129 Å². The third-order valence-corrected chi connectivity index (χ3v) is 7.16. The molecule has 0 unspecified atom stereocenters. The molecule has 0 rings (SSSR count). The lowest BCUT2D eigenvalue weighted by Crippen LogP contribution is -2.16. The topological polar surface area (TPSA) is 61.4 Å². The fourth-order valence-corrected chi connectivity index (χ4v) is 4.78. The zero-order chi connectivity index (χ0) is 25.5. The van der Waals surface area contributed by atoms with Gasteiger partial charge in [0, 0.05) is 6.42 Å². The van der Waals surface area contributed by atoms with Crippen molar-refractivity contribution in [2.24, 2.45) is 0 Å². The second-order valence-corrected chi connectivity index (χ2v) is 10.8. The first-order chi connectivity index (χ1) is 17.3. The summed E-state index contributed by atoms with van der Waals surface area (Å²) in [5.41, 5.74) is 0. The molecule has 0 saturated heterocycles. The van der Waals surface area contributed by atoms with Gasteiger partial charge in [-0.25, -0.2) is 0 Å². The van der Waals surface area contributed by atoms with Crippen molar-refractivity contribution in [2.75, 3.05) is 26.2 Å². The number of hydrogen-bond donors (Lipinski definition) is 3. The summed E-state index contributed by atoms with van der Waals surface area (Å²) in [6, 6.07) is 0. The Balaban J connectivity index is 3.01. The highest BCUT2D eigenvalue weighted by molar-refractivity contribution is 5.66. The first-order valence-electron chi connectivity index (χ1n) is 15.9. The molecule has 0 fully saturated rings. The molecular weight excluding hydrogens is 432 g/mol. The SMILES string of the molecule is CCCCCCCCCCCCCNCCCCCCCCCNCCCCCCCCC(=O)O. The fourth-order valence-electron chi connectivity index (χ4n) is 4.78. The van der Waals surface area contributed by atoms with Crippen LogP contribution in [0.15, 0.2) is 0 Å². The van der Waals surface area contributed by atoms with Crippen LogP contribution in [0.3, 0.4) is 0 Å². The van der Waals surface area contributed by atoms with Gasteiger partial charge < -0.3 is 15.7 Å². The Morgan fingerprint density at radius 2 is 0.686 bits per heavy atom. The minimum Gasteiger partial charge on any atom is -0.481 e. The van der Waals surface area contributed by atoms with Crippen LogP contribution in [0.5, 0.6) is 0 Å². The van der Waals surface area contributed by atoms with E-state index in [9.17, 15) is 4.79 Å². The molecule has 0 aromatic heterocycles. The fraction of sp³-hybridized carbons (Fsp3) is 0.968. The van der Waals surface area contributed by atoms with E-state index in [4.69, 9.17) is 5.11 Å². The number of carboxylic acids is 1. The van der Waals surface area contributed by atoms with E-state index >= 15 is 0 Å². The van der Waals surface area contributed by atoms with Crippen molar-refractivity contribution < 1.29 is 9.90 Å². The number of nitrogens with one attached hydrogen (secondary N) is 2. The maximum absolute atomic E-state index is 10.4. The van der Waals surface area contributed by atoms with Crippen molar-refractivity contribution in [1.82, 2.24) is 10.6 Å². The smallest absolute Gasteiger partial charge is 0.303 e. The van der Waals surface area contributed by atoms with Crippen LogP contribution >= 0.6 is 0 Å². The van der Waals surface area contributed by atoms with Gasteiger partial charge in [-0.15, -0.1) is 0 Å². The predicted octanol–water partition coefficient (Wildman–Crippen LogP) is 9.02. The molecule has 0 aliphatic rings. The Morgan fingerprint density at radius 3 is 0.971 bits per heavy atom. The standard InChI is InChI=1S/C31H64N2O2/c1-2-3-4-5-6-7-8-9-12-17-22-27-32-28-23-18-13-10-14-19-24-29-33-30-25-20-15-11-16-21-26-31(34)35/h32-33H,2-30H2,1H3,(H,34,35). The van der Waals surface area contributed by atoms with E-state index in [1.165, 1.54) is 161 Å². The summed E-state index contributed by atoms with van der Waals surface area (Å²) in [5.74, 6) is -0.660. The molecule has 0 bridgehead atoms. The minimum absolute atomic E-state index is 0.332. The molecule has 0 spiro atoms. The van der Waals surface area contributed by atoms with Crippen LogP contribution < -0.4 is 10.6 Å². The van der Waals surface area contributed by atoms with Gasteiger partial charge in [-0.2, -0.15) is 0 Å². The maximum Gasteiger partial charge on any atom is 0.303 e. The number of hydrogen-bond acceptors (Lipinski definition) is 3. The maximum atomic E-state index is 10.4. The van der Waals surface area contributed by atoms with Gasteiger partial charge in [0.05, 0.1) is 0 Å². The summed E-state index contributed by atoms with van der Waals surface area (Å²) in [6.45, 7) is 7.03. The molecule has 0 aliphatic carbocycles. The number of rotatable bonds is 31. The Kier molecular flexibility index (Phi) is 30.9. The van der Waals surface area contributed by atoms with Crippen LogP contribution in [0.25, 0.3) is 0 Å². The van der Waals surface area contributed by atoms with Gasteiger partial charge in [0.1, 0.15) is 0 Å². The lowest BCUT2D eigenvalue weighted by atomic mass is 10.1. The van der Waals surface area contributed by atoms with E-state index in [2.05, 4.69) is 17.6 Å². The van der Waals surface area contributed by atoms with Crippen molar-refractivity contribution >= 4 is 5.97 Å². The first kappa shape index (κ1) is 34.4. The van der Waals surface area contributed by atoms with Crippen LogP contribution in [0.4, 0.5) is 0 Å². The molecule has 4 heteroatoms. The normalized spacial score (nSPS) is 11.3. The largest absolute Gasteiger partial charge is 0.481 e. The summed E-state index contributed by atoms with van der Waals surface area (Å²) in [6.07, 6.45) is 32.5. The number of aliphatic carboxylic acids is 1. The van der Waals surface area contributed by atoms with E-state index in [1.807, 2.05) is 0 Å². The lowest BCUT2D eigenvalue weighted by Gasteiger charge is -2.06. The molecule has 0 atom stereocenters. The summed E-state index contributed by atoms with van der Waals surface area (Å²) < 4.78 is 0. The quantitative estimate of drug-likeness (QED) is 0.0838. The minimum atomic E-state index is -0.660. The Hall–Kier alpha value is -0.610. The average Bonchev–Trinajstić information content (AvgIpc) is 2.85.